The highest BCUT2D eigenvalue weighted by atomic mass is 19.4. The van der Waals surface area contributed by atoms with Crippen LogP contribution in [0.2, 0.25) is 0 Å². The van der Waals surface area contributed by atoms with Crippen molar-refractivity contribution in [3.8, 4) is 0 Å². The van der Waals surface area contributed by atoms with E-state index < -0.39 is 100 Å². The van der Waals surface area contributed by atoms with E-state index in [4.69, 9.17) is 9.47 Å². The number of alkyl halides is 6. The van der Waals surface area contributed by atoms with Gasteiger partial charge in [-0.05, 0) is 31.5 Å². The summed E-state index contributed by atoms with van der Waals surface area (Å²) in [5.41, 5.74) is -7.55. The molecular formula is C28H21F6N3O8. The number of nitro groups is 1. The Morgan fingerprint density at radius 2 is 1.58 bits per heavy atom. The minimum Gasteiger partial charge on any atom is -0.465 e. The predicted molar refractivity (Wildman–Crippen MR) is 140 cm³/mol. The number of esters is 2. The van der Waals surface area contributed by atoms with Crippen molar-refractivity contribution in [2.24, 2.45) is 10.9 Å². The summed E-state index contributed by atoms with van der Waals surface area (Å²) in [7, 11) is 0. The van der Waals surface area contributed by atoms with Crippen LogP contribution in [0.25, 0.3) is 0 Å². The zero-order chi connectivity index (χ0) is 33.4. The van der Waals surface area contributed by atoms with Gasteiger partial charge in [0.25, 0.3) is 17.5 Å². The first-order valence-electron chi connectivity index (χ1n) is 13.0. The lowest BCUT2D eigenvalue weighted by atomic mass is 9.74. The molecule has 4 rings (SSSR count). The van der Waals surface area contributed by atoms with E-state index in [2.05, 4.69) is 4.99 Å². The lowest BCUT2D eigenvalue weighted by Gasteiger charge is -2.34. The van der Waals surface area contributed by atoms with Crippen LogP contribution in [0, 0.1) is 16.0 Å². The Morgan fingerprint density at radius 3 is 2.09 bits per heavy atom. The van der Waals surface area contributed by atoms with Crippen LogP contribution < -0.4 is 0 Å². The first kappa shape index (κ1) is 32.8. The number of benzene rings is 2. The average Bonchev–Trinajstić information content (AvgIpc) is 3.23. The quantitative estimate of drug-likeness (QED) is 0.130. The number of nitrogens with zero attached hydrogens (tertiary/aromatic N) is 3. The fourth-order valence-corrected chi connectivity index (χ4v) is 5.03. The molecule has 0 bridgehead atoms. The standard InChI is InChI=1S/C28H21F6N3O8/c1-3-44-25(40)19-18(14-7-6-8-15(11-14)37(42)43)20(22(28(32,33)34)35-21(19)27(29,30)31)26(41)45-12-13(2)36-23(38)16-9-4-5-10-17(16)24(36)39/h4-11,13,18-19H,3,12H2,1-2H3. The number of aliphatic imine (C=N–C) groups is 1. The minimum absolute atomic E-state index is 0.0204. The van der Waals surface area contributed by atoms with Gasteiger partial charge in [0.2, 0.25) is 0 Å². The molecule has 2 aromatic rings. The molecule has 0 aromatic heterocycles. The Labute approximate surface area is 249 Å². The van der Waals surface area contributed by atoms with Gasteiger partial charge in [0.1, 0.15) is 18.2 Å². The number of non-ortho nitro benzene ring substituents is 1. The van der Waals surface area contributed by atoms with Crippen molar-refractivity contribution < 1.29 is 59.9 Å². The Morgan fingerprint density at radius 1 is 0.978 bits per heavy atom. The SMILES string of the molecule is CCOC(=O)C1C(C(F)(F)F)=NC(C(F)(F)F)=C(C(=O)OCC(C)N2C(=O)c3ccccc3C2=O)C1c1cccc([N+](=O)[O-])c1. The Bertz CT molecular complexity index is 1610. The van der Waals surface area contributed by atoms with Crippen molar-refractivity contribution in [3.05, 3.63) is 86.6 Å². The highest BCUT2D eigenvalue weighted by Gasteiger charge is 2.57. The van der Waals surface area contributed by atoms with Gasteiger partial charge in [-0.3, -0.25) is 29.4 Å². The van der Waals surface area contributed by atoms with Gasteiger partial charge < -0.3 is 9.47 Å². The van der Waals surface area contributed by atoms with Gasteiger partial charge in [-0.25, -0.2) is 9.79 Å². The molecule has 11 nitrogen and oxygen atoms in total. The second-order valence-electron chi connectivity index (χ2n) is 9.79. The van der Waals surface area contributed by atoms with Crippen LogP contribution in [0.15, 0.2) is 64.8 Å². The fourth-order valence-electron chi connectivity index (χ4n) is 5.03. The van der Waals surface area contributed by atoms with E-state index >= 15 is 0 Å². The van der Waals surface area contributed by atoms with Crippen LogP contribution in [0.5, 0.6) is 0 Å². The van der Waals surface area contributed by atoms with E-state index in [9.17, 15) is 55.6 Å². The van der Waals surface area contributed by atoms with Crippen LogP contribution in [0.3, 0.4) is 0 Å². The number of allylic oxidation sites excluding steroid dienone is 1. The molecule has 0 saturated heterocycles. The number of imide groups is 1. The fraction of sp³-hybridized carbons (Fsp3) is 0.321. The number of carbonyl (C=O) groups is 4. The molecule has 3 unspecified atom stereocenters. The first-order chi connectivity index (χ1) is 21.0. The number of nitro benzene ring substituents is 1. The van der Waals surface area contributed by atoms with Crippen molar-refractivity contribution in [1.82, 2.24) is 4.90 Å². The highest BCUT2D eigenvalue weighted by Crippen LogP contribution is 2.48. The van der Waals surface area contributed by atoms with E-state index in [1.807, 2.05) is 0 Å². The molecule has 0 fully saturated rings. The van der Waals surface area contributed by atoms with Crippen LogP contribution in [0.1, 0.15) is 46.0 Å². The number of hydrogen-bond acceptors (Lipinski definition) is 9. The number of ether oxygens (including phenoxy) is 2. The molecule has 2 amide bonds. The summed E-state index contributed by atoms with van der Waals surface area (Å²) in [5, 5.41) is 11.4. The van der Waals surface area contributed by atoms with Crippen molar-refractivity contribution in [2.75, 3.05) is 13.2 Å². The number of halogens is 6. The van der Waals surface area contributed by atoms with Crippen LogP contribution in [0.4, 0.5) is 32.0 Å². The van der Waals surface area contributed by atoms with Crippen molar-refractivity contribution >= 4 is 35.2 Å². The first-order valence-corrected chi connectivity index (χ1v) is 13.0. The second-order valence-corrected chi connectivity index (χ2v) is 9.79. The molecule has 0 saturated carbocycles. The van der Waals surface area contributed by atoms with Crippen LogP contribution in [-0.2, 0) is 19.1 Å². The Balaban J connectivity index is 1.84. The van der Waals surface area contributed by atoms with Crippen molar-refractivity contribution in [3.63, 3.8) is 0 Å². The second kappa shape index (κ2) is 12.1. The molecule has 0 N–H and O–H groups in total. The zero-order valence-corrected chi connectivity index (χ0v) is 23.1. The topological polar surface area (TPSA) is 145 Å². The summed E-state index contributed by atoms with van der Waals surface area (Å²) in [6.07, 6.45) is -11.4. The van der Waals surface area contributed by atoms with E-state index in [0.29, 0.717) is 11.0 Å². The molecule has 17 heteroatoms. The molecule has 3 atom stereocenters. The molecule has 2 heterocycles. The molecule has 0 aliphatic carbocycles. The lowest BCUT2D eigenvalue weighted by Crippen LogP contribution is -2.46. The maximum absolute atomic E-state index is 14.3. The van der Waals surface area contributed by atoms with E-state index in [0.717, 1.165) is 18.2 Å². The largest absolute Gasteiger partial charge is 0.465 e. The number of amides is 2. The third kappa shape index (κ3) is 6.28. The van der Waals surface area contributed by atoms with Crippen molar-refractivity contribution in [2.45, 2.75) is 38.2 Å². The summed E-state index contributed by atoms with van der Waals surface area (Å²) in [5.74, 6) is -10.4. The summed E-state index contributed by atoms with van der Waals surface area (Å²) >= 11 is 0. The summed E-state index contributed by atoms with van der Waals surface area (Å²) in [6.45, 7) is 1.00. The number of carbonyl (C=O) groups excluding carboxylic acids is 4. The van der Waals surface area contributed by atoms with Crippen LogP contribution in [-0.4, -0.2) is 70.9 Å². The van der Waals surface area contributed by atoms with Gasteiger partial charge in [0.05, 0.1) is 34.3 Å². The van der Waals surface area contributed by atoms with Gasteiger partial charge in [-0.1, -0.05) is 24.3 Å². The molecule has 2 aliphatic heterocycles. The Kier molecular flexibility index (Phi) is 8.84. The summed E-state index contributed by atoms with van der Waals surface area (Å²) < 4.78 is 95.2. The average molecular weight is 641 g/mol. The maximum atomic E-state index is 14.3. The molecule has 238 valence electrons. The van der Waals surface area contributed by atoms with Gasteiger partial charge in [-0.2, -0.15) is 26.3 Å². The molecular weight excluding hydrogens is 620 g/mol. The zero-order valence-electron chi connectivity index (χ0n) is 23.1. The predicted octanol–water partition coefficient (Wildman–Crippen LogP) is 4.92. The number of rotatable bonds is 8. The lowest BCUT2D eigenvalue weighted by molar-refractivity contribution is -0.384. The summed E-state index contributed by atoms with van der Waals surface area (Å²) in [4.78, 5) is 65.8. The normalized spacial score (nSPS) is 19.2. The maximum Gasteiger partial charge on any atom is 0.433 e. The van der Waals surface area contributed by atoms with Gasteiger partial charge in [0, 0.05) is 18.1 Å². The monoisotopic (exact) mass is 641 g/mol. The van der Waals surface area contributed by atoms with Gasteiger partial charge in [0.15, 0.2) is 5.70 Å². The summed E-state index contributed by atoms with van der Waals surface area (Å²) in [6, 6.07) is 7.73. The van der Waals surface area contributed by atoms with E-state index in [-0.39, 0.29) is 11.1 Å². The third-order valence-corrected chi connectivity index (χ3v) is 6.91. The van der Waals surface area contributed by atoms with Gasteiger partial charge in [-0.15, -0.1) is 0 Å². The molecule has 2 aromatic carbocycles. The number of fused-ring (bicyclic) bond motifs is 1. The Hall–Kier alpha value is -5.09. The van der Waals surface area contributed by atoms with Crippen molar-refractivity contribution in [1.29, 1.82) is 0 Å². The van der Waals surface area contributed by atoms with Crippen LogP contribution >= 0.6 is 0 Å². The third-order valence-electron chi connectivity index (χ3n) is 6.91. The number of hydrogen-bond donors (Lipinski definition) is 0. The smallest absolute Gasteiger partial charge is 0.433 e. The molecule has 0 spiro atoms. The minimum atomic E-state index is -5.72. The van der Waals surface area contributed by atoms with Gasteiger partial charge >= 0.3 is 24.3 Å². The molecule has 2 aliphatic rings. The molecule has 0 radical (unpaired) electrons. The highest BCUT2D eigenvalue weighted by molar-refractivity contribution is 6.21. The van der Waals surface area contributed by atoms with E-state index in [1.165, 1.54) is 38.1 Å². The molecule has 45 heavy (non-hydrogen) atoms. The van der Waals surface area contributed by atoms with E-state index in [1.54, 1.807) is 0 Å².